The predicted molar refractivity (Wildman–Crippen MR) is 103 cm³/mol. The lowest BCUT2D eigenvalue weighted by molar-refractivity contribution is 0.590. The molecule has 0 unspecified atom stereocenters. The highest BCUT2D eigenvalue weighted by Crippen LogP contribution is 2.30. The summed E-state index contributed by atoms with van der Waals surface area (Å²) in [5, 5.41) is 2.69. The van der Waals surface area contributed by atoms with Gasteiger partial charge in [0.1, 0.15) is 0 Å². The van der Waals surface area contributed by atoms with E-state index in [-0.39, 0.29) is 5.41 Å². The van der Waals surface area contributed by atoms with Crippen molar-refractivity contribution in [1.82, 2.24) is 0 Å². The standard InChI is InChI=1S/C23H23N/c1-23(2,3)18-9-6-8-17(15-18)22-21-12-11-16-7-4-5-10-19(16)20(21)13-14-24-22/h4-12,15H,13-14H2,1-3H3. The third-order valence-electron chi connectivity index (χ3n) is 4.93. The van der Waals surface area contributed by atoms with Crippen LogP contribution in [-0.4, -0.2) is 12.3 Å². The van der Waals surface area contributed by atoms with Crippen LogP contribution in [0.15, 0.2) is 65.7 Å². The molecular weight excluding hydrogens is 290 g/mol. The molecule has 3 aromatic carbocycles. The average Bonchev–Trinajstić information content (AvgIpc) is 2.60. The molecule has 0 bridgehead atoms. The summed E-state index contributed by atoms with van der Waals surface area (Å²) >= 11 is 0. The van der Waals surface area contributed by atoms with Gasteiger partial charge in [0.05, 0.1) is 5.71 Å². The van der Waals surface area contributed by atoms with Gasteiger partial charge in [-0.15, -0.1) is 0 Å². The highest BCUT2D eigenvalue weighted by Gasteiger charge is 2.20. The van der Waals surface area contributed by atoms with Crippen molar-refractivity contribution < 1.29 is 0 Å². The van der Waals surface area contributed by atoms with E-state index >= 15 is 0 Å². The van der Waals surface area contributed by atoms with Gasteiger partial charge >= 0.3 is 0 Å². The van der Waals surface area contributed by atoms with Crippen molar-refractivity contribution in [3.8, 4) is 0 Å². The largest absolute Gasteiger partial charge is 0.284 e. The van der Waals surface area contributed by atoms with Crippen molar-refractivity contribution in [1.29, 1.82) is 0 Å². The summed E-state index contributed by atoms with van der Waals surface area (Å²) in [5.41, 5.74) is 6.63. The van der Waals surface area contributed by atoms with Gasteiger partial charge in [0.2, 0.25) is 0 Å². The maximum atomic E-state index is 4.89. The second-order valence-corrected chi connectivity index (χ2v) is 7.62. The third kappa shape index (κ3) is 2.54. The maximum absolute atomic E-state index is 4.89. The Morgan fingerprint density at radius 3 is 2.54 bits per heavy atom. The number of hydrogen-bond acceptors (Lipinski definition) is 1. The molecule has 1 aliphatic rings. The van der Waals surface area contributed by atoms with Crippen LogP contribution in [0.3, 0.4) is 0 Å². The van der Waals surface area contributed by atoms with Crippen molar-refractivity contribution >= 4 is 16.5 Å². The topological polar surface area (TPSA) is 12.4 Å². The highest BCUT2D eigenvalue weighted by atomic mass is 14.7. The molecule has 0 amide bonds. The highest BCUT2D eigenvalue weighted by molar-refractivity contribution is 6.16. The van der Waals surface area contributed by atoms with Gasteiger partial charge in [-0.25, -0.2) is 0 Å². The van der Waals surface area contributed by atoms with E-state index in [1.807, 2.05) is 0 Å². The fraction of sp³-hybridized carbons (Fsp3) is 0.261. The number of benzene rings is 3. The summed E-state index contributed by atoms with van der Waals surface area (Å²) in [6.45, 7) is 7.65. The fourth-order valence-corrected chi connectivity index (χ4v) is 3.57. The van der Waals surface area contributed by atoms with Gasteiger partial charge in [-0.05, 0) is 39.8 Å². The first-order chi connectivity index (χ1) is 11.5. The number of fused-ring (bicyclic) bond motifs is 3. The Hall–Kier alpha value is -2.41. The molecule has 0 spiro atoms. The van der Waals surface area contributed by atoms with Crippen molar-refractivity contribution in [3.05, 3.63) is 82.9 Å². The van der Waals surface area contributed by atoms with Crippen LogP contribution >= 0.6 is 0 Å². The smallest absolute Gasteiger partial charge is 0.0722 e. The van der Waals surface area contributed by atoms with Crippen molar-refractivity contribution in [3.63, 3.8) is 0 Å². The molecule has 0 aliphatic carbocycles. The van der Waals surface area contributed by atoms with Gasteiger partial charge in [0.25, 0.3) is 0 Å². The predicted octanol–water partition coefficient (Wildman–Crippen LogP) is 5.53. The summed E-state index contributed by atoms with van der Waals surface area (Å²) in [5.74, 6) is 0. The van der Waals surface area contributed by atoms with Crippen LogP contribution in [0.4, 0.5) is 0 Å². The van der Waals surface area contributed by atoms with Crippen molar-refractivity contribution in [2.75, 3.05) is 6.54 Å². The van der Waals surface area contributed by atoms with E-state index < -0.39 is 0 Å². The maximum Gasteiger partial charge on any atom is 0.0722 e. The molecule has 1 aliphatic heterocycles. The van der Waals surface area contributed by atoms with E-state index in [9.17, 15) is 0 Å². The molecule has 0 saturated heterocycles. The van der Waals surface area contributed by atoms with Crippen LogP contribution in [0.5, 0.6) is 0 Å². The minimum Gasteiger partial charge on any atom is -0.284 e. The Bertz CT molecular complexity index is 942. The van der Waals surface area contributed by atoms with Gasteiger partial charge in [0, 0.05) is 17.7 Å². The Balaban J connectivity index is 1.88. The molecule has 1 heteroatoms. The van der Waals surface area contributed by atoms with Crippen LogP contribution in [-0.2, 0) is 11.8 Å². The number of nitrogens with zero attached hydrogens (tertiary/aromatic N) is 1. The molecule has 0 fully saturated rings. The van der Waals surface area contributed by atoms with Crippen LogP contribution in [0, 0.1) is 0 Å². The monoisotopic (exact) mass is 313 g/mol. The number of aliphatic imine (C=N–C) groups is 1. The van der Waals surface area contributed by atoms with E-state index in [0.29, 0.717) is 0 Å². The van der Waals surface area contributed by atoms with E-state index in [2.05, 4.69) is 81.4 Å². The molecule has 0 atom stereocenters. The van der Waals surface area contributed by atoms with Crippen LogP contribution in [0.1, 0.15) is 43.0 Å². The van der Waals surface area contributed by atoms with Gasteiger partial charge in [0.15, 0.2) is 0 Å². The first-order valence-corrected chi connectivity index (χ1v) is 8.70. The van der Waals surface area contributed by atoms with Gasteiger partial charge in [-0.2, -0.15) is 0 Å². The molecule has 4 rings (SSSR count). The number of rotatable bonds is 1. The summed E-state index contributed by atoms with van der Waals surface area (Å²) < 4.78 is 0. The SMILES string of the molecule is CC(C)(C)c1cccc(C2=NCCc3c2ccc2ccccc32)c1. The molecular formula is C23H23N. The average molecular weight is 313 g/mol. The normalized spacial score (nSPS) is 14.4. The number of hydrogen-bond donors (Lipinski definition) is 0. The summed E-state index contributed by atoms with van der Waals surface area (Å²) in [6, 6.07) is 22.0. The molecule has 3 aromatic rings. The van der Waals surface area contributed by atoms with Crippen LogP contribution in [0.25, 0.3) is 10.8 Å². The lowest BCUT2D eigenvalue weighted by Gasteiger charge is -2.22. The molecule has 0 aromatic heterocycles. The van der Waals surface area contributed by atoms with E-state index in [0.717, 1.165) is 18.7 Å². The van der Waals surface area contributed by atoms with Gasteiger partial charge in [-0.3, -0.25) is 4.99 Å². The Labute approximate surface area is 144 Å². The zero-order valence-electron chi connectivity index (χ0n) is 14.6. The molecule has 0 N–H and O–H groups in total. The Morgan fingerprint density at radius 2 is 1.71 bits per heavy atom. The van der Waals surface area contributed by atoms with Gasteiger partial charge < -0.3 is 0 Å². The third-order valence-corrected chi connectivity index (χ3v) is 4.93. The Morgan fingerprint density at radius 1 is 0.875 bits per heavy atom. The second-order valence-electron chi connectivity index (χ2n) is 7.62. The second kappa shape index (κ2) is 5.59. The van der Waals surface area contributed by atoms with Crippen LogP contribution in [0.2, 0.25) is 0 Å². The van der Waals surface area contributed by atoms with Gasteiger partial charge in [-0.1, -0.05) is 75.4 Å². The molecule has 120 valence electrons. The quantitative estimate of drug-likeness (QED) is 0.560. The fourth-order valence-electron chi connectivity index (χ4n) is 3.57. The van der Waals surface area contributed by atoms with Crippen molar-refractivity contribution in [2.45, 2.75) is 32.6 Å². The summed E-state index contributed by atoms with van der Waals surface area (Å²) in [4.78, 5) is 4.89. The molecule has 0 saturated carbocycles. The Kier molecular flexibility index (Phi) is 3.53. The molecule has 0 radical (unpaired) electrons. The van der Waals surface area contributed by atoms with E-state index in [4.69, 9.17) is 4.99 Å². The first kappa shape index (κ1) is 15.1. The van der Waals surface area contributed by atoms with Crippen molar-refractivity contribution in [2.24, 2.45) is 4.99 Å². The minimum absolute atomic E-state index is 0.150. The minimum atomic E-state index is 0.150. The van der Waals surface area contributed by atoms with Crippen LogP contribution < -0.4 is 0 Å². The zero-order valence-corrected chi connectivity index (χ0v) is 14.6. The molecule has 1 heterocycles. The van der Waals surface area contributed by atoms with E-state index in [1.54, 1.807) is 0 Å². The lowest BCUT2D eigenvalue weighted by atomic mass is 9.84. The summed E-state index contributed by atoms with van der Waals surface area (Å²) in [6.07, 6.45) is 1.03. The molecule has 1 nitrogen and oxygen atoms in total. The zero-order chi connectivity index (χ0) is 16.7. The molecule has 24 heavy (non-hydrogen) atoms. The summed E-state index contributed by atoms with van der Waals surface area (Å²) in [7, 11) is 0. The van der Waals surface area contributed by atoms with E-state index in [1.165, 1.54) is 33.0 Å². The lowest BCUT2D eigenvalue weighted by Crippen LogP contribution is -2.16. The first-order valence-electron chi connectivity index (χ1n) is 8.70.